The lowest BCUT2D eigenvalue weighted by atomic mass is 10.1. The summed E-state index contributed by atoms with van der Waals surface area (Å²) >= 11 is 0. The SMILES string of the molecule is CCC(=O)CCCC(NC(=O)OCc1ccccc1)C(=O)O. The van der Waals surface area contributed by atoms with Gasteiger partial charge in [0.25, 0.3) is 0 Å². The Kier molecular flexibility index (Phi) is 7.67. The Hall–Kier alpha value is -2.37. The number of aliphatic carboxylic acids is 1. The summed E-state index contributed by atoms with van der Waals surface area (Å²) in [6.45, 7) is 1.84. The van der Waals surface area contributed by atoms with Crippen molar-refractivity contribution in [1.29, 1.82) is 0 Å². The van der Waals surface area contributed by atoms with E-state index in [9.17, 15) is 14.4 Å². The molecule has 120 valence electrons. The molecule has 0 radical (unpaired) electrons. The second-order valence-corrected chi connectivity index (χ2v) is 4.88. The highest BCUT2D eigenvalue weighted by Crippen LogP contribution is 2.05. The van der Waals surface area contributed by atoms with Crippen molar-refractivity contribution in [3.05, 3.63) is 35.9 Å². The van der Waals surface area contributed by atoms with Crippen molar-refractivity contribution >= 4 is 17.8 Å². The molecule has 2 N–H and O–H groups in total. The van der Waals surface area contributed by atoms with Gasteiger partial charge in [-0.2, -0.15) is 0 Å². The molecule has 22 heavy (non-hydrogen) atoms. The molecule has 0 aromatic heterocycles. The number of carbonyl (C=O) groups excluding carboxylic acids is 2. The first-order chi connectivity index (χ1) is 10.5. The Morgan fingerprint density at radius 3 is 2.50 bits per heavy atom. The predicted molar refractivity (Wildman–Crippen MR) is 80.3 cm³/mol. The number of hydrogen-bond acceptors (Lipinski definition) is 4. The zero-order valence-corrected chi connectivity index (χ0v) is 12.6. The summed E-state index contributed by atoms with van der Waals surface area (Å²) in [6.07, 6.45) is 0.591. The predicted octanol–water partition coefficient (Wildman–Crippen LogP) is 2.52. The smallest absolute Gasteiger partial charge is 0.408 e. The molecule has 1 unspecified atom stereocenters. The molecule has 0 aliphatic carbocycles. The van der Waals surface area contributed by atoms with Crippen molar-refractivity contribution in [1.82, 2.24) is 5.32 Å². The van der Waals surface area contributed by atoms with Gasteiger partial charge in [0.1, 0.15) is 18.4 Å². The lowest BCUT2D eigenvalue weighted by Crippen LogP contribution is -2.41. The Labute approximate surface area is 129 Å². The van der Waals surface area contributed by atoms with Gasteiger partial charge in [-0.05, 0) is 18.4 Å². The van der Waals surface area contributed by atoms with Gasteiger partial charge in [-0.1, -0.05) is 37.3 Å². The number of Topliss-reactive ketones (excluding diaryl/α,β-unsaturated/α-hetero) is 1. The topological polar surface area (TPSA) is 92.7 Å². The van der Waals surface area contributed by atoms with Gasteiger partial charge in [0.05, 0.1) is 0 Å². The molecule has 0 spiro atoms. The number of amides is 1. The van der Waals surface area contributed by atoms with Crippen molar-refractivity contribution in [2.24, 2.45) is 0 Å². The largest absolute Gasteiger partial charge is 0.480 e. The van der Waals surface area contributed by atoms with E-state index < -0.39 is 18.1 Å². The molecule has 1 atom stereocenters. The van der Waals surface area contributed by atoms with Crippen LogP contribution in [0, 0.1) is 0 Å². The maximum Gasteiger partial charge on any atom is 0.408 e. The Bertz CT molecular complexity index is 501. The third-order valence-electron chi connectivity index (χ3n) is 3.15. The summed E-state index contributed by atoms with van der Waals surface area (Å²) in [5.41, 5.74) is 0.818. The van der Waals surface area contributed by atoms with Gasteiger partial charge >= 0.3 is 12.1 Å². The molecular weight excluding hydrogens is 286 g/mol. The summed E-state index contributed by atoms with van der Waals surface area (Å²) in [5.74, 6) is -1.06. The molecule has 0 bridgehead atoms. The van der Waals surface area contributed by atoms with Crippen LogP contribution in [0.4, 0.5) is 4.79 Å². The van der Waals surface area contributed by atoms with Crippen molar-refractivity contribution in [2.45, 2.75) is 45.3 Å². The number of carbonyl (C=O) groups is 3. The Morgan fingerprint density at radius 1 is 1.23 bits per heavy atom. The van der Waals surface area contributed by atoms with E-state index in [1.807, 2.05) is 18.2 Å². The molecule has 0 aliphatic heterocycles. The number of carboxylic acid groups (broad SMARTS) is 1. The second-order valence-electron chi connectivity index (χ2n) is 4.88. The summed E-state index contributed by atoms with van der Waals surface area (Å²) in [7, 11) is 0. The number of ether oxygens (including phenoxy) is 1. The third-order valence-corrected chi connectivity index (χ3v) is 3.15. The summed E-state index contributed by atoms with van der Waals surface area (Å²) in [4.78, 5) is 33.9. The molecule has 6 heteroatoms. The highest BCUT2D eigenvalue weighted by Gasteiger charge is 2.20. The summed E-state index contributed by atoms with van der Waals surface area (Å²) in [5, 5.41) is 11.4. The van der Waals surface area contributed by atoms with Crippen LogP contribution in [0.25, 0.3) is 0 Å². The molecule has 6 nitrogen and oxygen atoms in total. The van der Waals surface area contributed by atoms with Gasteiger partial charge in [0, 0.05) is 12.8 Å². The van der Waals surface area contributed by atoms with Crippen LogP contribution in [-0.2, 0) is 20.9 Å². The fourth-order valence-corrected chi connectivity index (χ4v) is 1.84. The van der Waals surface area contributed by atoms with Crippen LogP contribution in [0.2, 0.25) is 0 Å². The molecular formula is C16H21NO5. The fraction of sp³-hybridized carbons (Fsp3) is 0.438. The number of rotatable bonds is 9. The van der Waals surface area contributed by atoms with Gasteiger partial charge in [-0.15, -0.1) is 0 Å². The first-order valence-corrected chi connectivity index (χ1v) is 7.24. The zero-order chi connectivity index (χ0) is 16.4. The van der Waals surface area contributed by atoms with E-state index in [4.69, 9.17) is 9.84 Å². The normalized spacial score (nSPS) is 11.5. The van der Waals surface area contributed by atoms with E-state index in [1.54, 1.807) is 19.1 Å². The lowest BCUT2D eigenvalue weighted by molar-refractivity contribution is -0.139. The molecule has 0 fully saturated rings. The van der Waals surface area contributed by atoms with E-state index in [0.29, 0.717) is 19.3 Å². The molecule has 0 saturated heterocycles. The quantitative estimate of drug-likeness (QED) is 0.731. The molecule has 0 heterocycles. The van der Waals surface area contributed by atoms with Gasteiger partial charge < -0.3 is 15.2 Å². The average Bonchev–Trinajstić information content (AvgIpc) is 2.52. The van der Waals surface area contributed by atoms with E-state index in [0.717, 1.165) is 5.56 Å². The second kappa shape index (κ2) is 9.55. The van der Waals surface area contributed by atoms with E-state index in [2.05, 4.69) is 5.32 Å². The molecule has 1 amide bonds. The third kappa shape index (κ3) is 6.88. The summed E-state index contributed by atoms with van der Waals surface area (Å²) < 4.78 is 4.98. The maximum absolute atomic E-state index is 11.6. The van der Waals surface area contributed by atoms with E-state index >= 15 is 0 Å². The standard InChI is InChI=1S/C16H21NO5/c1-2-13(18)9-6-10-14(15(19)20)17-16(21)22-11-12-7-4-3-5-8-12/h3-5,7-8,14H,2,6,9-11H2,1H3,(H,17,21)(H,19,20). The monoisotopic (exact) mass is 307 g/mol. The lowest BCUT2D eigenvalue weighted by Gasteiger charge is -2.14. The first-order valence-electron chi connectivity index (χ1n) is 7.24. The maximum atomic E-state index is 11.6. The Morgan fingerprint density at radius 2 is 1.91 bits per heavy atom. The van der Waals surface area contributed by atoms with Crippen LogP contribution in [-0.4, -0.2) is 29.0 Å². The zero-order valence-electron chi connectivity index (χ0n) is 12.6. The minimum Gasteiger partial charge on any atom is -0.480 e. The molecule has 1 aromatic rings. The minimum absolute atomic E-state index is 0.0767. The van der Waals surface area contributed by atoms with Crippen molar-refractivity contribution in [3.63, 3.8) is 0 Å². The minimum atomic E-state index is -1.14. The number of carboxylic acids is 1. The van der Waals surface area contributed by atoms with Gasteiger partial charge in [0.2, 0.25) is 0 Å². The number of nitrogens with one attached hydrogen (secondary N) is 1. The van der Waals surface area contributed by atoms with Crippen LogP contribution in [0.1, 0.15) is 38.2 Å². The average molecular weight is 307 g/mol. The number of alkyl carbamates (subject to hydrolysis) is 1. The van der Waals surface area contributed by atoms with E-state index in [-0.39, 0.29) is 18.8 Å². The van der Waals surface area contributed by atoms with Crippen LogP contribution in [0.3, 0.4) is 0 Å². The first kappa shape index (κ1) is 17.7. The van der Waals surface area contributed by atoms with Crippen molar-refractivity contribution in [2.75, 3.05) is 0 Å². The summed E-state index contributed by atoms with van der Waals surface area (Å²) in [6, 6.07) is 8.05. The van der Waals surface area contributed by atoms with Gasteiger partial charge in [0.15, 0.2) is 0 Å². The Balaban J connectivity index is 2.37. The van der Waals surface area contributed by atoms with Crippen LogP contribution >= 0.6 is 0 Å². The fourth-order valence-electron chi connectivity index (χ4n) is 1.84. The molecule has 0 saturated carbocycles. The van der Waals surface area contributed by atoms with E-state index in [1.165, 1.54) is 0 Å². The highest BCUT2D eigenvalue weighted by atomic mass is 16.5. The van der Waals surface area contributed by atoms with Gasteiger partial charge in [-0.3, -0.25) is 4.79 Å². The van der Waals surface area contributed by atoms with Crippen molar-refractivity contribution < 1.29 is 24.2 Å². The van der Waals surface area contributed by atoms with Crippen LogP contribution in [0.5, 0.6) is 0 Å². The van der Waals surface area contributed by atoms with Gasteiger partial charge in [-0.25, -0.2) is 9.59 Å². The van der Waals surface area contributed by atoms with Crippen LogP contribution in [0.15, 0.2) is 30.3 Å². The number of ketones is 1. The molecule has 1 rings (SSSR count). The van der Waals surface area contributed by atoms with Crippen molar-refractivity contribution in [3.8, 4) is 0 Å². The molecule has 1 aromatic carbocycles. The molecule has 0 aliphatic rings. The highest BCUT2D eigenvalue weighted by molar-refractivity contribution is 5.80. The van der Waals surface area contributed by atoms with Crippen LogP contribution < -0.4 is 5.32 Å². The number of hydrogen-bond donors (Lipinski definition) is 2. The number of benzene rings is 1.